The molecule has 0 bridgehead atoms. The average Bonchev–Trinajstić information content (AvgIpc) is 1.65. The molecular weight excluding hydrogens is 1850 g/mol. The van der Waals surface area contributed by atoms with Crippen LogP contribution in [0.15, 0.2) is 0 Å². The van der Waals surface area contributed by atoms with Crippen molar-refractivity contribution in [3.8, 4) is 0 Å². The van der Waals surface area contributed by atoms with Crippen molar-refractivity contribution >= 4 is 5.97 Å². The Morgan fingerprint density at radius 2 is 0.725 bits per heavy atom. The molecule has 13 fully saturated rings. The lowest BCUT2D eigenvalue weighted by Gasteiger charge is -2.42. The predicted octanol–water partition coefficient (Wildman–Crippen LogP) is 12.1. The minimum Gasteiger partial charge on any atom is -0.469 e. The predicted molar refractivity (Wildman–Crippen MR) is 652 cm³/mol. The first kappa shape index (κ1) is 145. The van der Waals surface area contributed by atoms with Gasteiger partial charge in [0, 0.05) is 276 Å². The lowest BCUT2D eigenvalue weighted by molar-refractivity contribution is -0.147. The van der Waals surface area contributed by atoms with Crippen LogP contribution >= 0.6 is 0 Å². The molecule has 4 unspecified atom stereocenters. The number of aliphatic hydroxyl groups is 1. The standard InChI is InChI=1S/C12H26N2.C11H24N2O.C11H24N2.C10H20N2O2.2C10H22N2.3C9H20N2.C8H18N2.3C7H16N2/c1-5-6-7-13-8-10-14(11-9-13)12(2,3)4;1-3-4-5-12-6-8-13(9-7-12)11(2)10-14;1-4-5-6-12-7-9-13(10-8-12)11(2)3;1-11-5-7-12-6-3-4-9(8-12)10(13)14-2;1-9-6-10(2)8-12(7-9)5-4-11-3;1-3-5-6-12-9-7-11(4-2)8-10-12;1-8(2)11-6-5-9(7-11)10(3)4;1-9(2)5-4-7-11(9)8-6-10-3;1-3-4-5-11-8-6-10(2)7-9-11;1-9(2)8-4-6-10(3)7-5-8;1-8(2)7-4-5-9(3)6-7;1-8-7-3-5-9(2)6-4-7;1-8-4-7-9-5-2-3-6-9/h5-11H2,1-4H3;11,14H,3-10H2,1-2H3;11H,4-10H2,1-3H3;9,11H,3-8H2,1-2H3;9-11H,4-8H2,1-3H3;3-10H2,1-2H3;8-9H,5-7H2,1-4H3;10H,4-8H2,1-3H3;3-9H2,1-2H3;8H,4-7H2,1-3H3;7H,4-6H2,1-3H3;7-8H,3-6H2,1-2H3;8H,2-7H2,1H3/t;;;;9-,10+;;;;;;;;. The molecule has 0 aromatic carbocycles. The molecule has 29 nitrogen and oxygen atoms in total. The summed E-state index contributed by atoms with van der Waals surface area (Å²) in [6.07, 6.45) is 30.4. The van der Waals surface area contributed by atoms with Gasteiger partial charge in [0.25, 0.3) is 0 Å². The summed E-state index contributed by atoms with van der Waals surface area (Å²) in [6, 6.07) is 4.99. The summed E-state index contributed by atoms with van der Waals surface area (Å²) in [7, 11) is 33.3. The van der Waals surface area contributed by atoms with Gasteiger partial charge in [0.05, 0.1) is 19.6 Å². The number of carbonyl (C=O) groups excluding carboxylic acids is 1. The first-order chi connectivity index (χ1) is 71.2. The molecule has 13 aliphatic heterocycles. The van der Waals surface area contributed by atoms with Crippen LogP contribution in [0.4, 0.5) is 0 Å². The maximum atomic E-state index is 11.3. The number of esters is 1. The molecule has 892 valence electrons. The minimum absolute atomic E-state index is 0.0563. The van der Waals surface area contributed by atoms with Gasteiger partial charge in [-0.25, -0.2) is 0 Å². The Labute approximate surface area is 928 Å². The number of methoxy groups -OCH3 is 1. The summed E-state index contributed by atoms with van der Waals surface area (Å²) in [6.45, 7) is 102. The van der Waals surface area contributed by atoms with E-state index in [1.807, 2.05) is 28.2 Å². The van der Waals surface area contributed by atoms with E-state index in [9.17, 15) is 4.79 Å². The van der Waals surface area contributed by atoms with Crippen molar-refractivity contribution in [2.45, 2.75) is 326 Å². The number of aliphatic hydroxyl groups excluding tert-OH is 1. The van der Waals surface area contributed by atoms with Gasteiger partial charge in [0.2, 0.25) is 0 Å². The Hall–Kier alpha value is -1.61. The summed E-state index contributed by atoms with van der Waals surface area (Å²) in [5.41, 5.74) is 0.813. The smallest absolute Gasteiger partial charge is 0.309 e. The average molecular weight is 2120 g/mol. The topological polar surface area (TPSA) is 175 Å². The second kappa shape index (κ2) is 90.0. The van der Waals surface area contributed by atoms with Crippen LogP contribution < -0.4 is 26.6 Å². The fourth-order valence-corrected chi connectivity index (χ4v) is 22.0. The van der Waals surface area contributed by atoms with E-state index < -0.39 is 0 Å². The maximum absolute atomic E-state index is 11.3. The van der Waals surface area contributed by atoms with E-state index in [1.54, 1.807) is 0 Å². The summed E-state index contributed by atoms with van der Waals surface area (Å²) < 4.78 is 4.76. The zero-order chi connectivity index (χ0) is 111. The van der Waals surface area contributed by atoms with E-state index in [2.05, 4.69) is 332 Å². The van der Waals surface area contributed by atoms with Gasteiger partial charge < -0.3 is 115 Å². The second-order valence-corrected chi connectivity index (χ2v) is 49.3. The first-order valence-electron chi connectivity index (χ1n) is 62.1. The second-order valence-electron chi connectivity index (χ2n) is 49.3. The molecule has 13 aliphatic rings. The highest BCUT2D eigenvalue weighted by molar-refractivity contribution is 5.72. The maximum Gasteiger partial charge on any atom is 0.309 e. The molecule has 13 heterocycles. The molecule has 149 heavy (non-hydrogen) atoms. The first-order valence-corrected chi connectivity index (χ1v) is 62.1. The van der Waals surface area contributed by atoms with Crippen LogP contribution in [0.3, 0.4) is 0 Å². The number of rotatable bonds is 37. The van der Waals surface area contributed by atoms with Crippen LogP contribution in [0.25, 0.3) is 0 Å². The highest BCUT2D eigenvalue weighted by Gasteiger charge is 2.33. The van der Waals surface area contributed by atoms with E-state index in [0.29, 0.717) is 17.1 Å². The van der Waals surface area contributed by atoms with Crippen molar-refractivity contribution < 1.29 is 14.6 Å². The molecular formula is C120H264N26O3. The van der Waals surface area contributed by atoms with Crippen LogP contribution in [0.5, 0.6) is 0 Å². The van der Waals surface area contributed by atoms with Gasteiger partial charge in [-0.1, -0.05) is 87.5 Å². The van der Waals surface area contributed by atoms with Crippen molar-refractivity contribution in [1.29, 1.82) is 0 Å². The third-order valence-corrected chi connectivity index (χ3v) is 33.6. The Morgan fingerprint density at radius 3 is 1.08 bits per heavy atom. The summed E-state index contributed by atoms with van der Waals surface area (Å²) in [4.78, 5) is 63.4. The van der Waals surface area contributed by atoms with Crippen LogP contribution in [0, 0.1) is 17.8 Å². The third-order valence-electron chi connectivity index (χ3n) is 33.6. The van der Waals surface area contributed by atoms with Gasteiger partial charge in [-0.3, -0.25) is 29.3 Å². The molecule has 29 heteroatoms. The lowest BCUT2D eigenvalue weighted by Crippen LogP contribution is -2.53. The van der Waals surface area contributed by atoms with Crippen molar-refractivity contribution in [3.63, 3.8) is 0 Å². The van der Waals surface area contributed by atoms with Crippen LogP contribution in [-0.2, 0) is 9.53 Å². The number of hydrogen-bond acceptors (Lipinski definition) is 29. The zero-order valence-electron chi connectivity index (χ0n) is 106. The fourth-order valence-electron chi connectivity index (χ4n) is 22.0. The number of nitrogens with zero attached hydrogens (tertiary/aromatic N) is 21. The van der Waals surface area contributed by atoms with Gasteiger partial charge >= 0.3 is 5.97 Å². The molecule has 0 spiro atoms. The number of ether oxygens (including phenoxy) is 1. The molecule has 6 N–H and O–H groups in total. The van der Waals surface area contributed by atoms with Crippen molar-refractivity contribution in [3.05, 3.63) is 0 Å². The quantitative estimate of drug-likeness (QED) is 0.0324. The van der Waals surface area contributed by atoms with Gasteiger partial charge in [-0.2, -0.15) is 0 Å². The number of nitrogens with one attached hydrogen (secondary N) is 5. The van der Waals surface area contributed by atoms with E-state index in [1.165, 1.54) is 404 Å². The highest BCUT2D eigenvalue weighted by Crippen LogP contribution is 2.28. The zero-order valence-corrected chi connectivity index (χ0v) is 106. The Kier molecular flexibility index (Phi) is 87.9. The van der Waals surface area contributed by atoms with Gasteiger partial charge in [0.15, 0.2) is 0 Å². The number of likely N-dealkylation sites (N-methyl/N-ethyl adjacent to an activating group) is 9. The Balaban J connectivity index is 0.000000809. The van der Waals surface area contributed by atoms with E-state index in [0.717, 1.165) is 120 Å². The molecule has 0 saturated carbocycles. The molecule has 6 atom stereocenters. The largest absolute Gasteiger partial charge is 0.469 e. The van der Waals surface area contributed by atoms with E-state index >= 15 is 0 Å². The normalized spacial score (nSPS) is 24.1. The molecule has 0 amide bonds. The Morgan fingerprint density at radius 1 is 0.369 bits per heavy atom. The number of likely N-dealkylation sites (tertiary alicyclic amines) is 8. The van der Waals surface area contributed by atoms with Crippen LogP contribution in [0.1, 0.15) is 272 Å². The molecule has 0 radical (unpaired) electrons. The molecule has 0 aliphatic carbocycles. The van der Waals surface area contributed by atoms with Crippen molar-refractivity contribution in [2.75, 3.05) is 440 Å². The fraction of sp³-hybridized carbons (Fsp3) is 0.992. The van der Waals surface area contributed by atoms with Crippen molar-refractivity contribution in [1.82, 2.24) is 129 Å². The van der Waals surface area contributed by atoms with Crippen LogP contribution in [0.2, 0.25) is 0 Å². The highest BCUT2D eigenvalue weighted by atomic mass is 16.5. The molecule has 0 aromatic heterocycles. The summed E-state index contributed by atoms with van der Waals surface area (Å²) in [5, 5.41) is 25.0. The SMILES string of the molecule is CC(C)N1CCC(N(C)C)C1.CCCCN1CCN(C(C)(C)C)CC1.CCCCN1CCN(C(C)C)CC1.CCCCN1CCN(C(C)CO)CC1.CCCCN1CCN(C)CC1.CCCCN1CCN(CC)CC1.CN1CCC(N(C)C)C1.CN1CCC(N(C)C)CC1.CNC1CCN(C)CC1.CNCCN1CCCC(C(=O)OC)C1.CNCCN1CCCC1.CNCCN1CCCC1(C)C.CNCCN1C[C@H](C)C[C@H](C)C1. The minimum atomic E-state index is -0.0563. The number of hydrogen-bond donors (Lipinski definition) is 6. The lowest BCUT2D eigenvalue weighted by atomic mass is 9.92. The number of piperazine rings is 5. The monoisotopic (exact) mass is 2120 g/mol. The number of piperidine rings is 4. The molecule has 0 aromatic rings. The number of carbonyl (C=O) groups is 1. The number of unbranched alkanes of at least 4 members (excludes halogenated alkanes) is 5. The van der Waals surface area contributed by atoms with Gasteiger partial charge in [-0.15, -0.1) is 0 Å². The summed E-state index contributed by atoms with van der Waals surface area (Å²) >= 11 is 0. The van der Waals surface area contributed by atoms with E-state index in [-0.39, 0.29) is 18.5 Å². The Bertz CT molecular complexity index is 2880. The molecule has 13 saturated heterocycles. The van der Waals surface area contributed by atoms with Crippen molar-refractivity contribution in [2.24, 2.45) is 17.8 Å². The summed E-state index contributed by atoms with van der Waals surface area (Å²) in [5.74, 6) is 1.82. The van der Waals surface area contributed by atoms with Crippen LogP contribution in [-0.4, -0.2) is 607 Å². The third kappa shape index (κ3) is 71.6. The van der Waals surface area contributed by atoms with Gasteiger partial charge in [0.1, 0.15) is 0 Å². The van der Waals surface area contributed by atoms with Gasteiger partial charge in [-0.05, 0) is 401 Å². The van der Waals surface area contributed by atoms with E-state index in [4.69, 9.17) is 9.84 Å². The molecule has 13 rings (SSSR count).